The Hall–Kier alpha value is 1.80. The van der Waals surface area contributed by atoms with Crippen molar-refractivity contribution in [3.63, 3.8) is 0 Å². The molecule has 0 rings (SSSR count). The van der Waals surface area contributed by atoms with Crippen molar-refractivity contribution in [2.24, 2.45) is 0 Å². The van der Waals surface area contributed by atoms with Crippen LogP contribution >= 0.6 is 0 Å². The van der Waals surface area contributed by atoms with E-state index in [-0.39, 0.29) is 45.0 Å². The van der Waals surface area contributed by atoms with Crippen LogP contribution in [0.3, 0.4) is 0 Å². The molecule has 0 aromatic heterocycles. The number of hydrogen-bond donors (Lipinski definition) is 0. The third-order valence-corrected chi connectivity index (χ3v) is 0. The van der Waals surface area contributed by atoms with E-state index in [4.69, 9.17) is 6.65 Å². The summed E-state index contributed by atoms with van der Waals surface area (Å²) in [5.41, 5.74) is 0. The van der Waals surface area contributed by atoms with Crippen molar-refractivity contribution in [2.75, 3.05) is 0 Å². The molecule has 0 aliphatic rings. The molecule has 2 radical (unpaired) electrons. The molecule has 5 heteroatoms. The van der Waals surface area contributed by atoms with Gasteiger partial charge in [0.2, 0.25) is 0 Å². The molecule has 0 amide bonds. The molecule has 0 fully saturated rings. The Morgan fingerprint density at radius 1 is 1.20 bits per heavy atom. The van der Waals surface area contributed by atoms with Crippen LogP contribution in [0.2, 0.25) is 0 Å². The molecule has 5 heavy (non-hydrogen) atoms. The molecule has 0 atom stereocenters. The summed E-state index contributed by atoms with van der Waals surface area (Å²) >= 11 is -2.00. The quantitative estimate of drug-likeness (QED) is 0.485. The van der Waals surface area contributed by atoms with Crippen LogP contribution in [0.15, 0.2) is 0 Å². The van der Waals surface area contributed by atoms with E-state index in [0.29, 0.717) is 0 Å². The van der Waals surface area contributed by atoms with Crippen LogP contribution < -0.4 is 0 Å². The third kappa shape index (κ3) is 25.8. The van der Waals surface area contributed by atoms with Gasteiger partial charge in [0.1, 0.15) is 0 Å². The van der Waals surface area contributed by atoms with Gasteiger partial charge < -0.3 is 0 Å². The minimum atomic E-state index is -2.00. The van der Waals surface area contributed by atoms with Crippen molar-refractivity contribution in [1.82, 2.24) is 0 Å². The first-order valence-corrected chi connectivity index (χ1v) is 1.68. The second-order valence-electron chi connectivity index (χ2n) is 0.0833. The summed E-state index contributed by atoms with van der Waals surface area (Å²) in [5, 5.41) is 0. The molecule has 2 nitrogen and oxygen atoms in total. The predicted molar refractivity (Wildman–Crippen MR) is 9.92 cm³/mol. The maximum atomic E-state index is 8.50. The summed E-state index contributed by atoms with van der Waals surface area (Å²) in [5.74, 6) is 0. The third-order valence-electron chi connectivity index (χ3n) is 0. The van der Waals surface area contributed by atoms with Crippen molar-refractivity contribution >= 4 is 23.9 Å². The average molecular weight is 396 g/mol. The fraction of sp³-hybridized carbons (Fsp3) is 0. The van der Waals surface area contributed by atoms with E-state index in [1.165, 1.54) is 0 Å². The zero-order valence-electron chi connectivity index (χ0n) is 2.34. The predicted octanol–water partition coefficient (Wildman–Crippen LogP) is -1.16. The van der Waals surface area contributed by atoms with E-state index >= 15 is 0 Å². The zero-order valence-corrected chi connectivity index (χ0v) is 10.2. The number of rotatable bonds is 0. The molecule has 0 aliphatic heterocycles. The molecule has 0 heterocycles. The summed E-state index contributed by atoms with van der Waals surface area (Å²) in [6, 6.07) is 0. The number of hydrogen-bond acceptors (Lipinski definition) is 2. The van der Waals surface area contributed by atoms with Crippen molar-refractivity contribution < 1.29 is 46.8 Å². The summed E-state index contributed by atoms with van der Waals surface area (Å²) in [6.07, 6.45) is 0. The first-order valence-electron chi connectivity index (χ1n) is 0.408. The van der Waals surface area contributed by atoms with Crippen LogP contribution in [0.1, 0.15) is 0 Å². The standard InChI is InChI=1S/2O.Pt.Sn.Ti.2H. The topological polar surface area (TPSA) is 34.1 Å². The van der Waals surface area contributed by atoms with Gasteiger partial charge in [-0.2, -0.15) is 0 Å². The summed E-state index contributed by atoms with van der Waals surface area (Å²) in [4.78, 5) is 0. The second kappa shape index (κ2) is 17.0. The van der Waals surface area contributed by atoms with Crippen LogP contribution in [0, 0.1) is 0 Å². The van der Waals surface area contributed by atoms with Crippen molar-refractivity contribution in [3.05, 3.63) is 0 Å². The van der Waals surface area contributed by atoms with Gasteiger partial charge in [0.15, 0.2) is 0 Å². The Labute approximate surface area is 69.9 Å². The molecule has 0 spiro atoms. The van der Waals surface area contributed by atoms with Crippen LogP contribution in [0.25, 0.3) is 0 Å². The Morgan fingerprint density at radius 3 is 1.20 bits per heavy atom. The van der Waals surface area contributed by atoms with E-state index in [1.54, 1.807) is 0 Å². The van der Waals surface area contributed by atoms with Crippen LogP contribution in [0.5, 0.6) is 0 Å². The molecule has 0 N–H and O–H groups in total. The van der Waals surface area contributed by atoms with Gasteiger partial charge in [0.05, 0.1) is 0 Å². The Kier molecular flexibility index (Phi) is 54.0. The zero-order chi connectivity index (χ0) is 2.71. The normalized spacial score (nSPS) is 1.60. The van der Waals surface area contributed by atoms with Gasteiger partial charge in [-0.1, -0.05) is 0 Å². The molecule has 0 aromatic rings. The molecular weight excluding hydrogens is 394 g/mol. The first kappa shape index (κ1) is 15.8. The Bertz CT molecular complexity index is 30.6. The van der Waals surface area contributed by atoms with E-state index in [2.05, 4.69) is 0 Å². The summed E-state index contributed by atoms with van der Waals surface area (Å²) < 4.78 is 17.0. The van der Waals surface area contributed by atoms with Gasteiger partial charge in [-0.25, -0.2) is 0 Å². The van der Waals surface area contributed by atoms with Crippen LogP contribution in [0.4, 0.5) is 0 Å². The maximum absolute atomic E-state index is 8.50. The van der Waals surface area contributed by atoms with Gasteiger partial charge in [-0.15, -0.1) is 0 Å². The molecule has 0 unspecified atom stereocenters. The molecule has 0 aliphatic carbocycles. The molecule has 0 aromatic carbocycles. The first-order chi connectivity index (χ1) is 1.41. The van der Waals surface area contributed by atoms with Gasteiger partial charge in [0, 0.05) is 21.1 Å². The molecule has 0 bridgehead atoms. The van der Waals surface area contributed by atoms with Gasteiger partial charge in [-0.05, 0) is 0 Å². The van der Waals surface area contributed by atoms with E-state index in [9.17, 15) is 0 Å². The van der Waals surface area contributed by atoms with Crippen molar-refractivity contribution in [3.8, 4) is 0 Å². The molecular formula is H2O2PtSnTi. The summed E-state index contributed by atoms with van der Waals surface area (Å²) in [7, 11) is 0. The van der Waals surface area contributed by atoms with E-state index < -0.39 is 19.1 Å². The van der Waals surface area contributed by atoms with Crippen molar-refractivity contribution in [2.45, 2.75) is 0 Å². The van der Waals surface area contributed by atoms with Gasteiger partial charge in [0.25, 0.3) is 0 Å². The Morgan fingerprint density at radius 2 is 1.20 bits per heavy atom. The minimum absolute atomic E-state index is 0. The van der Waals surface area contributed by atoms with Gasteiger partial charge >= 0.3 is 49.6 Å². The molecule has 0 saturated carbocycles. The van der Waals surface area contributed by atoms with Gasteiger partial charge in [-0.3, -0.25) is 0 Å². The SMILES string of the molecule is [O]=[Ti]=[O].[Pt].[SnH2]. The van der Waals surface area contributed by atoms with Crippen molar-refractivity contribution in [1.29, 1.82) is 0 Å². The van der Waals surface area contributed by atoms with Crippen LogP contribution in [-0.2, 0) is 46.8 Å². The monoisotopic (exact) mass is 397 g/mol. The summed E-state index contributed by atoms with van der Waals surface area (Å²) in [6.45, 7) is 0. The Balaban J connectivity index is -0.0000000200. The second-order valence-corrected chi connectivity index (χ2v) is 0.344. The fourth-order valence-corrected chi connectivity index (χ4v) is 0. The van der Waals surface area contributed by atoms with Crippen LogP contribution in [-0.4, -0.2) is 23.9 Å². The van der Waals surface area contributed by atoms with E-state index in [1.807, 2.05) is 0 Å². The average Bonchev–Trinajstić information content (AvgIpc) is 0.918. The fourth-order valence-electron chi connectivity index (χ4n) is 0. The molecule has 0 saturated heterocycles. The molecule has 32 valence electrons. The van der Waals surface area contributed by atoms with E-state index in [0.717, 1.165) is 0 Å².